The van der Waals surface area contributed by atoms with Crippen LogP contribution in [-0.2, 0) is 5.60 Å². The van der Waals surface area contributed by atoms with E-state index in [9.17, 15) is 5.11 Å². The fraction of sp³-hybridized carbons (Fsp3) is 0.625. The van der Waals surface area contributed by atoms with E-state index in [0.29, 0.717) is 12.1 Å². The van der Waals surface area contributed by atoms with Crippen LogP contribution in [-0.4, -0.2) is 24.3 Å². The van der Waals surface area contributed by atoms with Crippen molar-refractivity contribution in [3.05, 3.63) is 29.3 Å². The minimum Gasteiger partial charge on any atom is -0.497 e. The van der Waals surface area contributed by atoms with E-state index in [2.05, 4.69) is 12.2 Å². The number of piperidine rings is 2. The van der Waals surface area contributed by atoms with Gasteiger partial charge >= 0.3 is 0 Å². The maximum atomic E-state index is 11.2. The molecule has 1 aromatic carbocycles. The normalized spacial score (nSPS) is 34.1. The fourth-order valence-electron chi connectivity index (χ4n) is 3.78. The lowest BCUT2D eigenvalue weighted by atomic mass is 9.73. The topological polar surface area (TPSA) is 41.5 Å². The first kappa shape index (κ1) is 12.9. The number of benzene rings is 1. The highest BCUT2D eigenvalue weighted by Gasteiger charge is 2.42. The van der Waals surface area contributed by atoms with Crippen molar-refractivity contribution < 1.29 is 9.84 Å². The molecule has 3 rings (SSSR count). The van der Waals surface area contributed by atoms with Crippen molar-refractivity contribution in [1.82, 2.24) is 5.32 Å². The molecule has 1 aromatic rings. The van der Waals surface area contributed by atoms with Crippen LogP contribution in [0.1, 0.15) is 43.2 Å². The standard InChI is InChI=1S/C16H23NO2/c1-11-6-7-14(19-2)8-15(11)16(18)9-12-4-3-5-13(10-16)17-12/h6-8,12-13,17-18H,3-5,9-10H2,1-2H3. The van der Waals surface area contributed by atoms with Crippen molar-refractivity contribution in [2.75, 3.05) is 7.11 Å². The van der Waals surface area contributed by atoms with E-state index in [-0.39, 0.29) is 0 Å². The molecule has 2 fully saturated rings. The Morgan fingerprint density at radius 2 is 1.95 bits per heavy atom. The van der Waals surface area contributed by atoms with E-state index in [1.807, 2.05) is 18.2 Å². The molecular weight excluding hydrogens is 238 g/mol. The Morgan fingerprint density at radius 3 is 2.58 bits per heavy atom. The Bertz CT molecular complexity index is 460. The Labute approximate surface area is 115 Å². The highest BCUT2D eigenvalue weighted by Crippen LogP contribution is 2.41. The molecule has 19 heavy (non-hydrogen) atoms. The number of hydrogen-bond donors (Lipinski definition) is 2. The van der Waals surface area contributed by atoms with Gasteiger partial charge in [-0.05, 0) is 55.9 Å². The number of methoxy groups -OCH3 is 1. The van der Waals surface area contributed by atoms with E-state index in [0.717, 1.165) is 29.7 Å². The van der Waals surface area contributed by atoms with Crippen molar-refractivity contribution in [2.24, 2.45) is 0 Å². The van der Waals surface area contributed by atoms with Gasteiger partial charge in [-0.3, -0.25) is 0 Å². The van der Waals surface area contributed by atoms with Gasteiger partial charge in [-0.25, -0.2) is 0 Å². The third kappa shape index (κ3) is 2.37. The van der Waals surface area contributed by atoms with Crippen LogP contribution in [0.2, 0.25) is 0 Å². The molecule has 0 radical (unpaired) electrons. The van der Waals surface area contributed by atoms with Gasteiger partial charge in [0.25, 0.3) is 0 Å². The van der Waals surface area contributed by atoms with Crippen LogP contribution in [0, 0.1) is 6.92 Å². The summed E-state index contributed by atoms with van der Waals surface area (Å²) in [5, 5.41) is 14.8. The quantitative estimate of drug-likeness (QED) is 0.859. The van der Waals surface area contributed by atoms with Gasteiger partial charge in [-0.15, -0.1) is 0 Å². The van der Waals surface area contributed by atoms with Gasteiger partial charge in [0, 0.05) is 12.1 Å². The van der Waals surface area contributed by atoms with Gasteiger partial charge < -0.3 is 15.2 Å². The molecule has 3 heteroatoms. The van der Waals surface area contributed by atoms with Crippen LogP contribution in [0.5, 0.6) is 5.75 Å². The summed E-state index contributed by atoms with van der Waals surface area (Å²) < 4.78 is 5.31. The van der Waals surface area contributed by atoms with Crippen LogP contribution in [0.25, 0.3) is 0 Å². The first-order chi connectivity index (χ1) is 9.10. The van der Waals surface area contributed by atoms with E-state index >= 15 is 0 Å². The van der Waals surface area contributed by atoms with Crippen molar-refractivity contribution in [3.8, 4) is 5.75 Å². The molecule has 0 aromatic heterocycles. The molecule has 0 amide bonds. The smallest absolute Gasteiger partial charge is 0.119 e. The number of hydrogen-bond acceptors (Lipinski definition) is 3. The van der Waals surface area contributed by atoms with Gasteiger partial charge in [-0.2, -0.15) is 0 Å². The van der Waals surface area contributed by atoms with Gasteiger partial charge in [0.1, 0.15) is 5.75 Å². The van der Waals surface area contributed by atoms with Crippen LogP contribution >= 0.6 is 0 Å². The molecule has 2 unspecified atom stereocenters. The third-order valence-electron chi connectivity index (χ3n) is 4.69. The van der Waals surface area contributed by atoms with E-state index in [1.54, 1.807) is 7.11 Å². The van der Waals surface area contributed by atoms with Gasteiger partial charge in [0.2, 0.25) is 0 Å². The molecule has 0 aliphatic carbocycles. The highest BCUT2D eigenvalue weighted by molar-refractivity contribution is 5.39. The van der Waals surface area contributed by atoms with Crippen molar-refractivity contribution in [3.63, 3.8) is 0 Å². The lowest BCUT2D eigenvalue weighted by molar-refractivity contribution is -0.0364. The lowest BCUT2D eigenvalue weighted by Gasteiger charge is -2.46. The number of aryl methyl sites for hydroxylation is 1. The zero-order chi connectivity index (χ0) is 13.5. The number of ether oxygens (including phenoxy) is 1. The number of rotatable bonds is 2. The SMILES string of the molecule is COc1ccc(C)c(C2(O)CC3CCCC(C2)N3)c1. The average Bonchev–Trinajstić information content (AvgIpc) is 2.38. The summed E-state index contributed by atoms with van der Waals surface area (Å²) in [7, 11) is 1.68. The molecule has 2 heterocycles. The average molecular weight is 261 g/mol. The number of aliphatic hydroxyl groups is 1. The Hall–Kier alpha value is -1.06. The first-order valence-electron chi connectivity index (χ1n) is 7.24. The van der Waals surface area contributed by atoms with Gasteiger partial charge in [0.15, 0.2) is 0 Å². The summed E-state index contributed by atoms with van der Waals surface area (Å²) in [4.78, 5) is 0. The van der Waals surface area contributed by atoms with Gasteiger partial charge in [-0.1, -0.05) is 12.5 Å². The van der Waals surface area contributed by atoms with Crippen molar-refractivity contribution in [2.45, 2.75) is 56.7 Å². The fourth-order valence-corrected chi connectivity index (χ4v) is 3.78. The monoisotopic (exact) mass is 261 g/mol. The molecule has 2 atom stereocenters. The highest BCUT2D eigenvalue weighted by atomic mass is 16.5. The maximum Gasteiger partial charge on any atom is 0.119 e. The molecule has 104 valence electrons. The summed E-state index contributed by atoms with van der Waals surface area (Å²) in [5.74, 6) is 0.831. The minimum absolute atomic E-state index is 0.461. The lowest BCUT2D eigenvalue weighted by Crippen LogP contribution is -2.54. The molecule has 0 saturated carbocycles. The molecule has 2 aliphatic heterocycles. The van der Waals surface area contributed by atoms with E-state index in [1.165, 1.54) is 19.3 Å². The maximum absolute atomic E-state index is 11.2. The first-order valence-corrected chi connectivity index (χ1v) is 7.24. The Morgan fingerprint density at radius 1 is 1.26 bits per heavy atom. The molecule has 0 spiro atoms. The van der Waals surface area contributed by atoms with E-state index < -0.39 is 5.60 Å². The summed E-state index contributed by atoms with van der Waals surface area (Å²) in [5.41, 5.74) is 1.51. The molecule has 2 bridgehead atoms. The number of nitrogens with one attached hydrogen (secondary N) is 1. The largest absolute Gasteiger partial charge is 0.497 e. The summed E-state index contributed by atoms with van der Waals surface area (Å²) >= 11 is 0. The van der Waals surface area contributed by atoms with E-state index in [4.69, 9.17) is 4.74 Å². The molecule has 2 aliphatic rings. The molecule has 2 saturated heterocycles. The van der Waals surface area contributed by atoms with Crippen LogP contribution in [0.15, 0.2) is 18.2 Å². The third-order valence-corrected chi connectivity index (χ3v) is 4.69. The Kier molecular flexibility index (Phi) is 3.27. The zero-order valence-corrected chi connectivity index (χ0v) is 11.8. The van der Waals surface area contributed by atoms with Crippen molar-refractivity contribution >= 4 is 0 Å². The van der Waals surface area contributed by atoms with Crippen LogP contribution < -0.4 is 10.1 Å². The number of fused-ring (bicyclic) bond motifs is 2. The zero-order valence-electron chi connectivity index (χ0n) is 11.8. The molecule has 3 nitrogen and oxygen atoms in total. The summed E-state index contributed by atoms with van der Waals surface area (Å²) in [6, 6.07) is 6.94. The Balaban J connectivity index is 1.95. The predicted molar refractivity (Wildman–Crippen MR) is 75.4 cm³/mol. The van der Waals surface area contributed by atoms with Crippen molar-refractivity contribution in [1.29, 1.82) is 0 Å². The summed E-state index contributed by atoms with van der Waals surface area (Å²) in [6.07, 6.45) is 5.29. The summed E-state index contributed by atoms with van der Waals surface area (Å²) in [6.45, 7) is 2.07. The van der Waals surface area contributed by atoms with Gasteiger partial charge in [0.05, 0.1) is 12.7 Å². The van der Waals surface area contributed by atoms with Crippen LogP contribution in [0.3, 0.4) is 0 Å². The minimum atomic E-state index is -0.695. The second kappa shape index (κ2) is 4.80. The molecular formula is C16H23NO2. The second-order valence-corrected chi connectivity index (χ2v) is 6.11. The second-order valence-electron chi connectivity index (χ2n) is 6.11. The van der Waals surface area contributed by atoms with Crippen LogP contribution in [0.4, 0.5) is 0 Å². The molecule has 2 N–H and O–H groups in total. The predicted octanol–water partition coefficient (Wildman–Crippen LogP) is 2.50.